The number of hydrogen-bond acceptors (Lipinski definition) is 8. The molecule has 9 nitrogen and oxygen atoms in total. The highest BCUT2D eigenvalue weighted by Gasteiger charge is 2.17. The number of aryl methyl sites for hydroxylation is 1. The van der Waals surface area contributed by atoms with Gasteiger partial charge < -0.3 is 19.9 Å². The monoisotopic (exact) mass is 536 g/mol. The third kappa shape index (κ3) is 7.17. The van der Waals surface area contributed by atoms with E-state index in [0.29, 0.717) is 21.9 Å². The molecule has 0 saturated heterocycles. The summed E-state index contributed by atoms with van der Waals surface area (Å²) in [4.78, 5) is 29.4. The fourth-order valence-electron chi connectivity index (χ4n) is 3.35. The van der Waals surface area contributed by atoms with Crippen molar-refractivity contribution in [1.29, 1.82) is 0 Å². The number of nitrogens with zero attached hydrogens (tertiary/aromatic N) is 4. The molecule has 2 aromatic carbocycles. The first kappa shape index (κ1) is 26.4. The zero-order chi connectivity index (χ0) is 26.2. The second-order valence-corrected chi connectivity index (χ2v) is 9.97. The number of thiazole rings is 1. The minimum absolute atomic E-state index is 0.153. The van der Waals surface area contributed by atoms with Gasteiger partial charge in [-0.1, -0.05) is 61.2 Å². The van der Waals surface area contributed by atoms with Gasteiger partial charge in [0.05, 0.1) is 18.0 Å². The van der Waals surface area contributed by atoms with Crippen molar-refractivity contribution >= 4 is 40.0 Å². The fourth-order valence-corrected chi connectivity index (χ4v) is 4.82. The van der Waals surface area contributed by atoms with Crippen LogP contribution in [0, 0.1) is 0 Å². The Kier molecular flexibility index (Phi) is 8.91. The highest BCUT2D eigenvalue weighted by molar-refractivity contribution is 7.99. The van der Waals surface area contributed by atoms with Crippen LogP contribution < -0.4 is 15.4 Å². The first-order chi connectivity index (χ1) is 17.9. The van der Waals surface area contributed by atoms with E-state index < -0.39 is 6.10 Å². The summed E-state index contributed by atoms with van der Waals surface area (Å²) in [7, 11) is 1.80. The van der Waals surface area contributed by atoms with Crippen LogP contribution in [0.4, 0.5) is 5.13 Å². The highest BCUT2D eigenvalue weighted by Crippen LogP contribution is 2.25. The lowest BCUT2D eigenvalue weighted by atomic mass is 10.2. The summed E-state index contributed by atoms with van der Waals surface area (Å²) in [5.74, 6) is 0.928. The predicted molar refractivity (Wildman–Crippen MR) is 146 cm³/mol. The Morgan fingerprint density at radius 2 is 1.86 bits per heavy atom. The smallest absolute Gasteiger partial charge is 0.261 e. The second kappa shape index (κ2) is 12.5. The van der Waals surface area contributed by atoms with Gasteiger partial charge in [0.1, 0.15) is 5.75 Å². The van der Waals surface area contributed by atoms with Gasteiger partial charge >= 0.3 is 0 Å². The van der Waals surface area contributed by atoms with Crippen molar-refractivity contribution in [3.8, 4) is 17.0 Å². The van der Waals surface area contributed by atoms with Gasteiger partial charge in [0.2, 0.25) is 5.91 Å². The van der Waals surface area contributed by atoms with Gasteiger partial charge in [-0.25, -0.2) is 4.98 Å². The topological polar surface area (TPSA) is 111 Å². The van der Waals surface area contributed by atoms with Crippen molar-refractivity contribution in [3.63, 3.8) is 0 Å². The second-order valence-electron chi connectivity index (χ2n) is 8.17. The Morgan fingerprint density at radius 3 is 2.59 bits per heavy atom. The van der Waals surface area contributed by atoms with E-state index >= 15 is 0 Å². The summed E-state index contributed by atoms with van der Waals surface area (Å²) >= 11 is 2.64. The number of aromatic nitrogens is 4. The molecule has 1 atom stereocenters. The molecule has 0 saturated carbocycles. The Morgan fingerprint density at radius 1 is 1.11 bits per heavy atom. The predicted octanol–water partition coefficient (Wildman–Crippen LogP) is 4.32. The summed E-state index contributed by atoms with van der Waals surface area (Å²) in [6.07, 6.45) is 0.284. The number of carbonyl (C=O) groups excluding carboxylic acids is 2. The van der Waals surface area contributed by atoms with Gasteiger partial charge in [0.25, 0.3) is 5.91 Å². The summed E-state index contributed by atoms with van der Waals surface area (Å²) in [6, 6.07) is 17.5. The van der Waals surface area contributed by atoms with E-state index in [4.69, 9.17) is 4.74 Å². The minimum Gasteiger partial charge on any atom is -0.481 e. The lowest BCUT2D eigenvalue weighted by molar-refractivity contribution is -0.127. The number of carbonyl (C=O) groups is 2. The molecule has 0 aliphatic carbocycles. The Hall–Kier alpha value is -3.70. The molecule has 37 heavy (non-hydrogen) atoms. The number of rotatable bonds is 11. The van der Waals surface area contributed by atoms with E-state index in [-0.39, 0.29) is 24.1 Å². The Labute approximate surface area is 223 Å². The zero-order valence-electron chi connectivity index (χ0n) is 20.8. The Bertz CT molecular complexity index is 1340. The molecule has 0 fully saturated rings. The van der Waals surface area contributed by atoms with Crippen LogP contribution in [0.25, 0.3) is 11.3 Å². The lowest BCUT2D eigenvalue weighted by Crippen LogP contribution is -2.36. The number of anilines is 1. The summed E-state index contributed by atoms with van der Waals surface area (Å²) in [5.41, 5.74) is 3.03. The first-order valence-electron chi connectivity index (χ1n) is 11.8. The number of amides is 2. The van der Waals surface area contributed by atoms with E-state index in [1.807, 2.05) is 60.0 Å². The van der Waals surface area contributed by atoms with Crippen LogP contribution in [0.5, 0.6) is 5.75 Å². The molecule has 4 aromatic rings. The molecule has 4 rings (SSSR count). The van der Waals surface area contributed by atoms with Gasteiger partial charge in [-0.15, -0.1) is 21.5 Å². The van der Waals surface area contributed by atoms with Gasteiger partial charge in [0.15, 0.2) is 22.2 Å². The molecule has 0 aliphatic heterocycles. The maximum atomic E-state index is 12.5. The maximum absolute atomic E-state index is 12.5. The molecule has 0 spiro atoms. The summed E-state index contributed by atoms with van der Waals surface area (Å²) in [5, 5.41) is 17.0. The van der Waals surface area contributed by atoms with Crippen LogP contribution in [0.3, 0.4) is 0 Å². The number of ether oxygens (including phenoxy) is 1. The molecule has 2 heterocycles. The van der Waals surface area contributed by atoms with Gasteiger partial charge in [-0.3, -0.25) is 9.59 Å². The van der Waals surface area contributed by atoms with E-state index in [2.05, 4.69) is 32.7 Å². The number of nitrogens with one attached hydrogen (secondary N) is 2. The van der Waals surface area contributed by atoms with Crippen molar-refractivity contribution in [2.45, 2.75) is 38.1 Å². The third-order valence-electron chi connectivity index (χ3n) is 5.51. The van der Waals surface area contributed by atoms with Crippen molar-refractivity contribution in [1.82, 2.24) is 25.1 Å². The average molecular weight is 537 g/mol. The van der Waals surface area contributed by atoms with Gasteiger partial charge in [0, 0.05) is 18.0 Å². The first-order valence-corrected chi connectivity index (χ1v) is 13.6. The molecule has 0 aliphatic rings. The van der Waals surface area contributed by atoms with Crippen LogP contribution in [0.1, 0.15) is 25.2 Å². The molecule has 2 N–H and O–H groups in total. The fraction of sp³-hybridized carbons (Fsp3) is 0.269. The third-order valence-corrected chi connectivity index (χ3v) is 7.29. The summed E-state index contributed by atoms with van der Waals surface area (Å²) in [6.45, 7) is 3.98. The van der Waals surface area contributed by atoms with E-state index in [1.54, 1.807) is 18.5 Å². The van der Waals surface area contributed by atoms with E-state index in [0.717, 1.165) is 17.7 Å². The molecule has 0 radical (unpaired) electrons. The van der Waals surface area contributed by atoms with Crippen LogP contribution in [-0.4, -0.2) is 43.4 Å². The van der Waals surface area contributed by atoms with Crippen molar-refractivity contribution < 1.29 is 14.3 Å². The molecular formula is C26H28N6O3S2. The maximum Gasteiger partial charge on any atom is 0.261 e. The number of thioether (sulfide) groups is 1. The van der Waals surface area contributed by atoms with Gasteiger partial charge in [-0.05, 0) is 31.0 Å². The van der Waals surface area contributed by atoms with Crippen LogP contribution in [0.2, 0.25) is 0 Å². The zero-order valence-corrected chi connectivity index (χ0v) is 22.4. The van der Waals surface area contributed by atoms with Crippen LogP contribution >= 0.6 is 23.1 Å². The van der Waals surface area contributed by atoms with Crippen LogP contribution in [0.15, 0.2) is 65.1 Å². The molecule has 11 heteroatoms. The number of hydrogen-bond donors (Lipinski definition) is 2. The SMILES string of the molecule is CCc1ccc(O[C@H](C)C(=O)NCc2nnc(SCC(=O)Nc3nc(-c4ccccc4)cs3)n2C)cc1. The van der Waals surface area contributed by atoms with E-state index in [1.165, 1.54) is 28.7 Å². The molecular weight excluding hydrogens is 508 g/mol. The summed E-state index contributed by atoms with van der Waals surface area (Å²) < 4.78 is 7.49. The van der Waals surface area contributed by atoms with Crippen molar-refractivity contribution in [3.05, 3.63) is 71.4 Å². The molecule has 2 aromatic heterocycles. The van der Waals surface area contributed by atoms with E-state index in [9.17, 15) is 9.59 Å². The van der Waals surface area contributed by atoms with Crippen LogP contribution in [-0.2, 0) is 29.6 Å². The lowest BCUT2D eigenvalue weighted by Gasteiger charge is -2.15. The molecule has 0 unspecified atom stereocenters. The standard InChI is InChI=1S/C26H28N6O3S2/c1-4-18-10-12-20(13-11-18)35-17(2)24(34)27-14-22-30-31-26(32(22)3)37-16-23(33)29-25-28-21(15-36-25)19-8-6-5-7-9-19/h5-13,15,17H,4,14,16H2,1-3H3,(H,27,34)(H,28,29,33)/t17-/m1/s1. The molecule has 192 valence electrons. The quantitative estimate of drug-likeness (QED) is 0.275. The average Bonchev–Trinajstić information content (AvgIpc) is 3.53. The van der Waals surface area contributed by atoms with Gasteiger partial charge in [-0.2, -0.15) is 0 Å². The largest absolute Gasteiger partial charge is 0.481 e. The normalized spacial score (nSPS) is 11.6. The van der Waals surface area contributed by atoms with Crippen molar-refractivity contribution in [2.24, 2.45) is 7.05 Å². The highest BCUT2D eigenvalue weighted by atomic mass is 32.2. The number of benzene rings is 2. The minimum atomic E-state index is -0.661. The Balaban J connectivity index is 1.23. The molecule has 2 amide bonds. The van der Waals surface area contributed by atoms with Crippen molar-refractivity contribution in [2.75, 3.05) is 11.1 Å². The molecule has 0 bridgehead atoms.